The van der Waals surface area contributed by atoms with E-state index < -0.39 is 4.92 Å². The number of aryl methyl sites for hydroxylation is 1. The number of nitro groups is 1. The average molecular weight is 257 g/mol. The summed E-state index contributed by atoms with van der Waals surface area (Å²) in [6.07, 6.45) is 0.722. The molecule has 0 heterocycles. The molecule has 0 aliphatic rings. The van der Waals surface area contributed by atoms with Crippen LogP contribution in [-0.4, -0.2) is 11.2 Å². The van der Waals surface area contributed by atoms with Gasteiger partial charge in [-0.05, 0) is 24.6 Å². The van der Waals surface area contributed by atoms with Gasteiger partial charge in [-0.2, -0.15) is 0 Å². The van der Waals surface area contributed by atoms with Gasteiger partial charge in [0.1, 0.15) is 17.8 Å². The Labute approximate surface area is 109 Å². The van der Waals surface area contributed by atoms with E-state index in [1.54, 1.807) is 30.3 Å². The van der Waals surface area contributed by atoms with E-state index in [1.807, 2.05) is 6.92 Å². The normalized spacial score (nSPS) is 9.95. The Morgan fingerprint density at radius 3 is 2.68 bits per heavy atom. The minimum absolute atomic E-state index is 0.0401. The zero-order valence-electron chi connectivity index (χ0n) is 10.2. The summed E-state index contributed by atoms with van der Waals surface area (Å²) < 4.78 is 5.58. The van der Waals surface area contributed by atoms with Crippen LogP contribution in [0.2, 0.25) is 0 Å². The number of rotatable bonds is 4. The maximum absolute atomic E-state index is 10.7. The zero-order chi connectivity index (χ0) is 13.8. The largest absolute Gasteiger partial charge is 0.457 e. The summed E-state index contributed by atoms with van der Waals surface area (Å²) in [6.45, 7) is 1.83. The van der Waals surface area contributed by atoms with Crippen LogP contribution in [0.15, 0.2) is 42.5 Å². The first-order chi connectivity index (χ1) is 9.10. The van der Waals surface area contributed by atoms with Gasteiger partial charge in [-0.1, -0.05) is 18.2 Å². The lowest BCUT2D eigenvalue weighted by Crippen LogP contribution is -1.92. The molecule has 0 saturated heterocycles. The molecule has 2 aromatic carbocycles. The molecule has 0 spiro atoms. The Balaban J connectivity index is 2.32. The summed E-state index contributed by atoms with van der Waals surface area (Å²) in [4.78, 5) is 20.9. The molecule has 19 heavy (non-hydrogen) atoms. The third-order valence-corrected chi connectivity index (χ3v) is 2.60. The summed E-state index contributed by atoms with van der Waals surface area (Å²) in [5.74, 6) is 0.866. The predicted octanol–water partition coefficient (Wildman–Crippen LogP) is 3.51. The Morgan fingerprint density at radius 1 is 1.21 bits per heavy atom. The van der Waals surface area contributed by atoms with Crippen LogP contribution in [0.4, 0.5) is 5.69 Å². The quantitative estimate of drug-likeness (QED) is 0.477. The van der Waals surface area contributed by atoms with Gasteiger partial charge >= 0.3 is 0 Å². The number of carbonyl (C=O) groups is 1. The van der Waals surface area contributed by atoms with Crippen LogP contribution in [0.25, 0.3) is 0 Å². The second-order valence-corrected chi connectivity index (χ2v) is 4.00. The fourth-order valence-corrected chi connectivity index (χ4v) is 1.59. The van der Waals surface area contributed by atoms with Crippen molar-refractivity contribution in [2.45, 2.75) is 6.92 Å². The molecule has 2 rings (SSSR count). The number of hydrogen-bond acceptors (Lipinski definition) is 4. The lowest BCUT2D eigenvalue weighted by molar-refractivity contribution is -0.384. The Bertz CT molecular complexity index is 637. The van der Waals surface area contributed by atoms with E-state index in [2.05, 4.69) is 0 Å². The van der Waals surface area contributed by atoms with E-state index in [-0.39, 0.29) is 5.69 Å². The van der Waals surface area contributed by atoms with Crippen molar-refractivity contribution in [3.63, 3.8) is 0 Å². The minimum atomic E-state index is -0.485. The molecule has 0 fully saturated rings. The number of non-ortho nitro benzene ring substituents is 1. The first-order valence-electron chi connectivity index (χ1n) is 5.58. The zero-order valence-corrected chi connectivity index (χ0v) is 10.2. The SMILES string of the molecule is Cc1ccc(C=O)cc1Oc1cccc([N+](=O)[O-])c1. The van der Waals surface area contributed by atoms with Crippen molar-refractivity contribution in [2.24, 2.45) is 0 Å². The summed E-state index contributed by atoms with van der Waals surface area (Å²) in [6, 6.07) is 10.9. The summed E-state index contributed by atoms with van der Waals surface area (Å²) in [7, 11) is 0. The molecule has 0 radical (unpaired) electrons. The summed E-state index contributed by atoms with van der Waals surface area (Å²) in [5, 5.41) is 10.7. The second-order valence-electron chi connectivity index (χ2n) is 4.00. The van der Waals surface area contributed by atoms with E-state index in [1.165, 1.54) is 12.1 Å². The molecule has 0 atom stereocenters. The molecule has 5 heteroatoms. The maximum atomic E-state index is 10.7. The van der Waals surface area contributed by atoms with Crippen LogP contribution in [0.5, 0.6) is 11.5 Å². The van der Waals surface area contributed by atoms with Crippen LogP contribution in [-0.2, 0) is 0 Å². The number of nitro benzene ring substituents is 1. The molecule has 0 aromatic heterocycles. The second kappa shape index (κ2) is 5.30. The molecule has 0 aliphatic heterocycles. The molecule has 0 N–H and O–H groups in total. The number of nitrogens with zero attached hydrogens (tertiary/aromatic N) is 1. The first-order valence-corrected chi connectivity index (χ1v) is 5.58. The van der Waals surface area contributed by atoms with E-state index in [0.29, 0.717) is 17.1 Å². The molecule has 96 valence electrons. The third kappa shape index (κ3) is 2.95. The van der Waals surface area contributed by atoms with Gasteiger partial charge < -0.3 is 4.74 Å². The molecule has 0 unspecified atom stereocenters. The fraction of sp³-hybridized carbons (Fsp3) is 0.0714. The topological polar surface area (TPSA) is 69.4 Å². The van der Waals surface area contributed by atoms with Gasteiger partial charge in [0.2, 0.25) is 0 Å². The first kappa shape index (κ1) is 12.8. The summed E-state index contributed by atoms with van der Waals surface area (Å²) in [5.41, 5.74) is 1.30. The highest BCUT2D eigenvalue weighted by Gasteiger charge is 2.08. The lowest BCUT2D eigenvalue weighted by atomic mass is 10.1. The monoisotopic (exact) mass is 257 g/mol. The van der Waals surface area contributed by atoms with E-state index >= 15 is 0 Å². The molecule has 0 bridgehead atoms. The number of benzene rings is 2. The number of ether oxygens (including phenoxy) is 1. The van der Waals surface area contributed by atoms with Gasteiger partial charge in [-0.3, -0.25) is 14.9 Å². The number of hydrogen-bond donors (Lipinski definition) is 0. The van der Waals surface area contributed by atoms with Crippen molar-refractivity contribution >= 4 is 12.0 Å². The van der Waals surface area contributed by atoms with Crippen molar-refractivity contribution < 1.29 is 14.5 Å². The van der Waals surface area contributed by atoms with Gasteiger partial charge in [0.25, 0.3) is 5.69 Å². The fourth-order valence-electron chi connectivity index (χ4n) is 1.59. The highest BCUT2D eigenvalue weighted by Crippen LogP contribution is 2.28. The molecule has 2 aromatic rings. The minimum Gasteiger partial charge on any atom is -0.457 e. The number of carbonyl (C=O) groups excluding carboxylic acids is 1. The van der Waals surface area contributed by atoms with Gasteiger partial charge in [0.15, 0.2) is 0 Å². The Morgan fingerprint density at radius 2 is 2.00 bits per heavy atom. The van der Waals surface area contributed by atoms with Crippen molar-refractivity contribution in [3.05, 3.63) is 63.7 Å². The van der Waals surface area contributed by atoms with Gasteiger partial charge in [-0.25, -0.2) is 0 Å². The highest BCUT2D eigenvalue weighted by molar-refractivity contribution is 5.76. The highest BCUT2D eigenvalue weighted by atomic mass is 16.6. The Hall–Kier alpha value is -2.69. The average Bonchev–Trinajstić information content (AvgIpc) is 2.41. The van der Waals surface area contributed by atoms with Crippen LogP contribution in [0.3, 0.4) is 0 Å². The standard InChI is InChI=1S/C14H11NO4/c1-10-5-6-11(9-16)7-14(10)19-13-4-2-3-12(8-13)15(17)18/h2-9H,1H3. The van der Waals surface area contributed by atoms with Gasteiger partial charge in [0.05, 0.1) is 11.0 Å². The van der Waals surface area contributed by atoms with E-state index in [4.69, 9.17) is 4.74 Å². The molecular formula is C14H11NO4. The molecule has 0 aliphatic carbocycles. The van der Waals surface area contributed by atoms with Crippen LogP contribution in [0, 0.1) is 17.0 Å². The van der Waals surface area contributed by atoms with E-state index in [9.17, 15) is 14.9 Å². The molecule has 5 nitrogen and oxygen atoms in total. The van der Waals surface area contributed by atoms with Crippen LogP contribution >= 0.6 is 0 Å². The van der Waals surface area contributed by atoms with Crippen molar-refractivity contribution in [2.75, 3.05) is 0 Å². The van der Waals surface area contributed by atoms with Crippen molar-refractivity contribution in [3.8, 4) is 11.5 Å². The molecule has 0 saturated carbocycles. The van der Waals surface area contributed by atoms with Crippen LogP contribution in [0.1, 0.15) is 15.9 Å². The Kier molecular flexibility index (Phi) is 3.56. The molecule has 0 amide bonds. The van der Waals surface area contributed by atoms with Crippen molar-refractivity contribution in [1.29, 1.82) is 0 Å². The molecular weight excluding hydrogens is 246 g/mol. The van der Waals surface area contributed by atoms with E-state index in [0.717, 1.165) is 11.8 Å². The third-order valence-electron chi connectivity index (χ3n) is 2.60. The van der Waals surface area contributed by atoms with Gasteiger partial charge in [0, 0.05) is 11.6 Å². The van der Waals surface area contributed by atoms with Crippen molar-refractivity contribution in [1.82, 2.24) is 0 Å². The van der Waals surface area contributed by atoms with Gasteiger partial charge in [-0.15, -0.1) is 0 Å². The van der Waals surface area contributed by atoms with Crippen LogP contribution < -0.4 is 4.74 Å². The smallest absolute Gasteiger partial charge is 0.273 e. The number of aldehydes is 1. The lowest BCUT2D eigenvalue weighted by Gasteiger charge is -2.08. The summed E-state index contributed by atoms with van der Waals surface area (Å²) >= 11 is 0. The maximum Gasteiger partial charge on any atom is 0.273 e. The predicted molar refractivity (Wildman–Crippen MR) is 69.7 cm³/mol.